The van der Waals surface area contributed by atoms with E-state index < -0.39 is 5.97 Å². The van der Waals surface area contributed by atoms with Gasteiger partial charge in [0.15, 0.2) is 5.82 Å². The van der Waals surface area contributed by atoms with E-state index in [9.17, 15) is 9.59 Å². The molecular weight excluding hydrogens is 308 g/mol. The number of carbonyl (C=O) groups excluding carboxylic acids is 2. The summed E-state index contributed by atoms with van der Waals surface area (Å²) in [5.74, 6) is 0.726. The maximum atomic E-state index is 12.6. The highest BCUT2D eigenvalue weighted by Crippen LogP contribution is 2.44. The van der Waals surface area contributed by atoms with Gasteiger partial charge in [-0.15, -0.1) is 0 Å². The minimum Gasteiger partial charge on any atom is -0.408 e. The lowest BCUT2D eigenvalue weighted by atomic mass is 10.2. The zero-order chi connectivity index (χ0) is 16.8. The Labute approximate surface area is 138 Å². The number of carbonyl (C=O) groups is 2. The number of nitrogens with one attached hydrogen (secondary N) is 1. The molecule has 0 spiro atoms. The Bertz CT molecular complexity index is 861. The Morgan fingerprint density at radius 2 is 2.17 bits per heavy atom. The molecule has 0 unspecified atom stereocenters. The Kier molecular flexibility index (Phi) is 3.23. The van der Waals surface area contributed by atoms with Crippen molar-refractivity contribution in [2.24, 2.45) is 0 Å². The molecule has 2 aliphatic rings. The quantitative estimate of drug-likeness (QED) is 0.855. The van der Waals surface area contributed by atoms with E-state index in [1.165, 1.54) is 6.92 Å². The minimum absolute atomic E-state index is 0.215. The molecule has 0 saturated heterocycles. The second-order valence-electron chi connectivity index (χ2n) is 6.00. The van der Waals surface area contributed by atoms with E-state index in [-0.39, 0.29) is 17.8 Å². The van der Waals surface area contributed by atoms with E-state index in [1.54, 1.807) is 24.4 Å². The summed E-state index contributed by atoms with van der Waals surface area (Å²) in [6.07, 6.45) is 3.67. The average molecular weight is 324 g/mol. The first-order valence-electron chi connectivity index (χ1n) is 7.80. The van der Waals surface area contributed by atoms with Gasteiger partial charge in [0.2, 0.25) is 5.88 Å². The molecule has 1 aliphatic heterocycles. The Morgan fingerprint density at radius 1 is 1.38 bits per heavy atom. The standard InChI is InChI=1S/C17H16N4O3/c1-9-8-13(24-10(2)22)19-16-14(9)20-17(23)12-4-3-7-18-15(12)21(16)11-5-6-11/h3-4,7-8,11H,5-6H2,1-2H3,(H,20,23). The van der Waals surface area contributed by atoms with Crippen molar-refractivity contribution in [3.63, 3.8) is 0 Å². The first kappa shape index (κ1) is 14.6. The average Bonchev–Trinajstić information content (AvgIpc) is 3.35. The molecule has 0 bridgehead atoms. The number of aromatic nitrogens is 2. The summed E-state index contributed by atoms with van der Waals surface area (Å²) in [4.78, 5) is 34.7. The summed E-state index contributed by atoms with van der Waals surface area (Å²) in [6, 6.07) is 5.38. The van der Waals surface area contributed by atoms with Crippen LogP contribution < -0.4 is 15.0 Å². The van der Waals surface area contributed by atoms with Crippen molar-refractivity contribution in [1.29, 1.82) is 0 Å². The SMILES string of the molecule is CC(=O)Oc1cc(C)c2c(n1)N(C1CC1)c1ncccc1C(=O)N2. The third-order valence-electron chi connectivity index (χ3n) is 4.06. The van der Waals surface area contributed by atoms with E-state index in [0.717, 1.165) is 18.4 Å². The highest BCUT2D eigenvalue weighted by Gasteiger charge is 2.38. The molecule has 7 nitrogen and oxygen atoms in total. The summed E-state index contributed by atoms with van der Waals surface area (Å²) in [7, 11) is 0. The molecule has 7 heteroatoms. The van der Waals surface area contributed by atoms with E-state index in [4.69, 9.17) is 4.74 Å². The third kappa shape index (κ3) is 2.38. The van der Waals surface area contributed by atoms with Gasteiger partial charge >= 0.3 is 5.97 Å². The lowest BCUT2D eigenvalue weighted by molar-refractivity contribution is -0.132. The molecule has 1 N–H and O–H groups in total. The van der Waals surface area contributed by atoms with Crippen molar-refractivity contribution in [2.75, 3.05) is 10.2 Å². The second kappa shape index (κ2) is 5.30. The third-order valence-corrected chi connectivity index (χ3v) is 4.06. The van der Waals surface area contributed by atoms with Gasteiger partial charge in [-0.1, -0.05) is 0 Å². The fourth-order valence-corrected chi connectivity index (χ4v) is 2.88. The highest BCUT2D eigenvalue weighted by atomic mass is 16.5. The molecule has 1 saturated carbocycles. The Morgan fingerprint density at radius 3 is 2.88 bits per heavy atom. The van der Waals surface area contributed by atoms with E-state index in [2.05, 4.69) is 15.3 Å². The molecule has 4 rings (SSSR count). The van der Waals surface area contributed by atoms with Gasteiger partial charge in [0, 0.05) is 25.2 Å². The van der Waals surface area contributed by atoms with Gasteiger partial charge in [0.1, 0.15) is 5.82 Å². The van der Waals surface area contributed by atoms with Crippen LogP contribution in [0.1, 0.15) is 35.7 Å². The lowest BCUT2D eigenvalue weighted by Crippen LogP contribution is -2.23. The van der Waals surface area contributed by atoms with Crippen LogP contribution in [-0.2, 0) is 4.79 Å². The number of pyridine rings is 2. The molecule has 1 fully saturated rings. The van der Waals surface area contributed by atoms with Gasteiger partial charge in [-0.25, -0.2) is 4.98 Å². The van der Waals surface area contributed by atoms with Crippen LogP contribution in [0.5, 0.6) is 5.88 Å². The maximum Gasteiger partial charge on any atom is 0.309 e. The summed E-state index contributed by atoms with van der Waals surface area (Å²) in [6.45, 7) is 3.18. The van der Waals surface area contributed by atoms with Gasteiger partial charge in [0.05, 0.1) is 11.3 Å². The molecule has 2 aromatic rings. The number of amides is 1. The van der Waals surface area contributed by atoms with Gasteiger partial charge in [-0.05, 0) is 37.5 Å². The number of fused-ring (bicyclic) bond motifs is 2. The number of nitrogens with zero attached hydrogens (tertiary/aromatic N) is 3. The van der Waals surface area contributed by atoms with E-state index in [1.807, 2.05) is 11.8 Å². The van der Waals surface area contributed by atoms with Crippen molar-refractivity contribution in [3.8, 4) is 5.88 Å². The molecule has 1 amide bonds. The van der Waals surface area contributed by atoms with Crippen molar-refractivity contribution < 1.29 is 14.3 Å². The molecule has 0 aromatic carbocycles. The predicted molar refractivity (Wildman–Crippen MR) is 87.6 cm³/mol. The summed E-state index contributed by atoms with van der Waals surface area (Å²) in [5, 5.41) is 2.92. The van der Waals surface area contributed by atoms with Crippen molar-refractivity contribution in [2.45, 2.75) is 32.7 Å². The molecule has 0 atom stereocenters. The monoisotopic (exact) mass is 324 g/mol. The zero-order valence-electron chi connectivity index (χ0n) is 13.4. The predicted octanol–water partition coefficient (Wildman–Crippen LogP) is 2.58. The van der Waals surface area contributed by atoms with Crippen LogP contribution in [0, 0.1) is 6.92 Å². The van der Waals surface area contributed by atoms with Crippen LogP contribution in [-0.4, -0.2) is 27.9 Å². The van der Waals surface area contributed by atoms with Crippen LogP contribution in [0.4, 0.5) is 17.3 Å². The Balaban J connectivity index is 1.94. The number of hydrogen-bond acceptors (Lipinski definition) is 6. The van der Waals surface area contributed by atoms with Crippen LogP contribution in [0.3, 0.4) is 0 Å². The molecular formula is C17H16N4O3. The number of aryl methyl sites for hydroxylation is 1. The van der Waals surface area contributed by atoms with Gasteiger partial charge < -0.3 is 15.0 Å². The molecule has 2 aromatic heterocycles. The van der Waals surface area contributed by atoms with E-state index >= 15 is 0 Å². The molecule has 24 heavy (non-hydrogen) atoms. The van der Waals surface area contributed by atoms with Crippen LogP contribution in [0.15, 0.2) is 24.4 Å². The second-order valence-corrected chi connectivity index (χ2v) is 6.00. The van der Waals surface area contributed by atoms with Crippen molar-refractivity contribution in [1.82, 2.24) is 9.97 Å². The van der Waals surface area contributed by atoms with Crippen molar-refractivity contribution >= 4 is 29.2 Å². The fraction of sp³-hybridized carbons (Fsp3) is 0.294. The van der Waals surface area contributed by atoms with Crippen LogP contribution >= 0.6 is 0 Å². The Hall–Kier alpha value is -2.96. The lowest BCUT2D eigenvalue weighted by Gasteiger charge is -2.24. The highest BCUT2D eigenvalue weighted by molar-refractivity contribution is 6.12. The fourth-order valence-electron chi connectivity index (χ4n) is 2.88. The normalized spacial score (nSPS) is 15.9. The summed E-state index contributed by atoms with van der Waals surface area (Å²) >= 11 is 0. The molecule has 122 valence electrons. The maximum absolute atomic E-state index is 12.6. The largest absolute Gasteiger partial charge is 0.408 e. The summed E-state index contributed by atoms with van der Waals surface area (Å²) < 4.78 is 5.16. The molecule has 0 radical (unpaired) electrons. The van der Waals surface area contributed by atoms with Gasteiger partial charge in [-0.3, -0.25) is 9.59 Å². The van der Waals surface area contributed by atoms with Crippen LogP contribution in [0.2, 0.25) is 0 Å². The topological polar surface area (TPSA) is 84.4 Å². The number of esters is 1. The van der Waals surface area contributed by atoms with E-state index in [0.29, 0.717) is 22.9 Å². The molecule has 1 aliphatic carbocycles. The number of rotatable bonds is 2. The van der Waals surface area contributed by atoms with Crippen molar-refractivity contribution in [3.05, 3.63) is 35.5 Å². The minimum atomic E-state index is -0.434. The summed E-state index contributed by atoms with van der Waals surface area (Å²) in [5.41, 5.74) is 1.92. The molecule has 3 heterocycles. The van der Waals surface area contributed by atoms with Gasteiger partial charge in [0.25, 0.3) is 5.91 Å². The number of hydrogen-bond donors (Lipinski definition) is 1. The smallest absolute Gasteiger partial charge is 0.309 e. The number of ether oxygens (including phenoxy) is 1. The first-order valence-corrected chi connectivity index (χ1v) is 7.80. The van der Waals surface area contributed by atoms with Gasteiger partial charge in [-0.2, -0.15) is 4.98 Å². The van der Waals surface area contributed by atoms with Crippen LogP contribution in [0.25, 0.3) is 0 Å². The zero-order valence-corrected chi connectivity index (χ0v) is 13.4. The number of anilines is 3. The first-order chi connectivity index (χ1) is 11.5.